The number of aryl methyl sites for hydroxylation is 2. The van der Waals surface area contributed by atoms with Gasteiger partial charge in [0.2, 0.25) is 0 Å². The lowest BCUT2D eigenvalue weighted by molar-refractivity contribution is -0.0881. The molecule has 0 aliphatic carbocycles. The monoisotopic (exact) mass is 266 g/mol. The first-order valence-electron chi connectivity index (χ1n) is 7.07. The molecule has 1 saturated heterocycles. The van der Waals surface area contributed by atoms with E-state index in [0.717, 1.165) is 24.1 Å². The second-order valence-electron chi connectivity index (χ2n) is 6.78. The van der Waals surface area contributed by atoms with Gasteiger partial charge in [-0.3, -0.25) is 4.68 Å². The molecule has 0 radical (unpaired) electrons. The van der Waals surface area contributed by atoms with Crippen molar-refractivity contribution in [2.75, 3.05) is 0 Å². The molecular weight excluding hydrogens is 240 g/mol. The molecule has 1 aliphatic rings. The number of nitrogens with zero attached hydrogens (tertiary/aromatic N) is 2. The van der Waals surface area contributed by atoms with Crippen LogP contribution in [0.25, 0.3) is 0 Å². The summed E-state index contributed by atoms with van der Waals surface area (Å²) < 4.78 is 7.87. The van der Waals surface area contributed by atoms with Crippen LogP contribution < -0.4 is 0 Å². The Morgan fingerprint density at radius 3 is 2.58 bits per heavy atom. The normalized spacial score (nSPS) is 26.6. The molecular formula is C15H26N2O2. The Morgan fingerprint density at radius 1 is 1.47 bits per heavy atom. The Balaban J connectivity index is 2.31. The molecule has 2 heterocycles. The molecule has 4 heteroatoms. The van der Waals surface area contributed by atoms with Gasteiger partial charge in [0.05, 0.1) is 23.0 Å². The first kappa shape index (κ1) is 14.5. The molecule has 4 nitrogen and oxygen atoms in total. The number of aromatic nitrogens is 2. The molecule has 2 unspecified atom stereocenters. The van der Waals surface area contributed by atoms with Gasteiger partial charge >= 0.3 is 0 Å². The SMILES string of the molecule is CCc1nn(C)cc1C(O)C1CC(C)(C)OC1(C)C. The average molecular weight is 266 g/mol. The minimum absolute atomic E-state index is 0.0944. The Morgan fingerprint density at radius 2 is 2.11 bits per heavy atom. The standard InChI is InChI=1S/C15H26N2O2/c1-7-12-10(9-17(6)16-12)13(18)11-8-14(2,3)19-15(11,4)5/h9,11,13,18H,7-8H2,1-6H3. The topological polar surface area (TPSA) is 47.3 Å². The molecule has 2 rings (SSSR count). The Kier molecular flexibility index (Phi) is 3.52. The quantitative estimate of drug-likeness (QED) is 0.915. The molecule has 1 fully saturated rings. The van der Waals surface area contributed by atoms with Crippen LogP contribution in [0, 0.1) is 5.92 Å². The second-order valence-corrected chi connectivity index (χ2v) is 6.78. The minimum atomic E-state index is -0.513. The lowest BCUT2D eigenvalue weighted by Gasteiger charge is -2.30. The fourth-order valence-electron chi connectivity index (χ4n) is 3.39. The number of hydrogen-bond donors (Lipinski definition) is 1. The summed E-state index contributed by atoms with van der Waals surface area (Å²) in [6.07, 6.45) is 3.12. The van der Waals surface area contributed by atoms with Gasteiger partial charge in [0.25, 0.3) is 0 Å². The molecule has 0 bridgehead atoms. The molecule has 108 valence electrons. The highest BCUT2D eigenvalue weighted by atomic mass is 16.5. The van der Waals surface area contributed by atoms with Gasteiger partial charge in [-0.15, -0.1) is 0 Å². The van der Waals surface area contributed by atoms with Crippen molar-refractivity contribution < 1.29 is 9.84 Å². The third-order valence-electron chi connectivity index (χ3n) is 4.12. The molecule has 1 aliphatic heterocycles. The number of hydrogen-bond acceptors (Lipinski definition) is 3. The molecule has 0 amide bonds. The van der Waals surface area contributed by atoms with E-state index < -0.39 is 6.10 Å². The van der Waals surface area contributed by atoms with E-state index in [1.54, 1.807) is 4.68 Å². The van der Waals surface area contributed by atoms with E-state index in [9.17, 15) is 5.11 Å². The summed E-state index contributed by atoms with van der Waals surface area (Å²) in [7, 11) is 1.90. The summed E-state index contributed by atoms with van der Waals surface area (Å²) in [5.41, 5.74) is 1.44. The summed E-state index contributed by atoms with van der Waals surface area (Å²) in [5, 5.41) is 15.2. The van der Waals surface area contributed by atoms with Gasteiger partial charge in [0, 0.05) is 24.7 Å². The number of rotatable bonds is 3. The van der Waals surface area contributed by atoms with E-state index in [1.807, 2.05) is 13.2 Å². The first-order valence-corrected chi connectivity index (χ1v) is 7.07. The van der Waals surface area contributed by atoms with Crippen LogP contribution in [0.2, 0.25) is 0 Å². The molecule has 1 aromatic rings. The largest absolute Gasteiger partial charge is 0.388 e. The lowest BCUT2D eigenvalue weighted by atomic mass is 9.80. The van der Waals surface area contributed by atoms with E-state index in [0.29, 0.717) is 0 Å². The van der Waals surface area contributed by atoms with Crippen LogP contribution in [-0.4, -0.2) is 26.1 Å². The fourth-order valence-corrected chi connectivity index (χ4v) is 3.39. The van der Waals surface area contributed by atoms with Crippen molar-refractivity contribution in [2.24, 2.45) is 13.0 Å². The Bertz CT molecular complexity index is 463. The zero-order chi connectivity index (χ0) is 14.4. The highest BCUT2D eigenvalue weighted by molar-refractivity contribution is 5.22. The number of aliphatic hydroxyl groups excluding tert-OH is 1. The minimum Gasteiger partial charge on any atom is -0.388 e. The van der Waals surface area contributed by atoms with Crippen LogP contribution in [0.4, 0.5) is 0 Å². The van der Waals surface area contributed by atoms with Crippen molar-refractivity contribution in [3.05, 3.63) is 17.5 Å². The van der Waals surface area contributed by atoms with Crippen molar-refractivity contribution in [1.82, 2.24) is 9.78 Å². The maximum atomic E-state index is 10.8. The van der Waals surface area contributed by atoms with Crippen LogP contribution in [0.3, 0.4) is 0 Å². The lowest BCUT2D eigenvalue weighted by Crippen LogP contribution is -2.32. The van der Waals surface area contributed by atoms with Crippen molar-refractivity contribution in [3.63, 3.8) is 0 Å². The van der Waals surface area contributed by atoms with Crippen molar-refractivity contribution in [3.8, 4) is 0 Å². The third-order valence-corrected chi connectivity index (χ3v) is 4.12. The van der Waals surface area contributed by atoms with Crippen molar-refractivity contribution >= 4 is 0 Å². The smallest absolute Gasteiger partial charge is 0.0879 e. The maximum absolute atomic E-state index is 10.8. The molecule has 2 atom stereocenters. The van der Waals surface area contributed by atoms with Crippen molar-refractivity contribution in [2.45, 2.75) is 64.8 Å². The van der Waals surface area contributed by atoms with Gasteiger partial charge < -0.3 is 9.84 Å². The van der Waals surface area contributed by atoms with E-state index in [4.69, 9.17) is 4.74 Å². The van der Waals surface area contributed by atoms with Crippen molar-refractivity contribution in [1.29, 1.82) is 0 Å². The van der Waals surface area contributed by atoms with E-state index >= 15 is 0 Å². The van der Waals surface area contributed by atoms with E-state index in [-0.39, 0.29) is 17.1 Å². The Hall–Kier alpha value is -0.870. The van der Waals surface area contributed by atoms with E-state index in [2.05, 4.69) is 39.7 Å². The van der Waals surface area contributed by atoms with Crippen LogP contribution in [0.5, 0.6) is 0 Å². The number of ether oxygens (including phenoxy) is 1. The summed E-state index contributed by atoms with van der Waals surface area (Å²) in [6.45, 7) is 10.4. The summed E-state index contributed by atoms with van der Waals surface area (Å²) in [5.74, 6) is 0.0944. The van der Waals surface area contributed by atoms with Crippen LogP contribution >= 0.6 is 0 Å². The predicted octanol–water partition coefficient (Wildman–Crippen LogP) is 2.61. The zero-order valence-corrected chi connectivity index (χ0v) is 12.9. The molecule has 1 aromatic heterocycles. The van der Waals surface area contributed by atoms with Gasteiger partial charge in [-0.2, -0.15) is 5.10 Å². The predicted molar refractivity (Wildman–Crippen MR) is 74.9 cm³/mol. The first-order chi connectivity index (χ1) is 8.66. The summed E-state index contributed by atoms with van der Waals surface area (Å²) >= 11 is 0. The Labute approximate surface area is 115 Å². The maximum Gasteiger partial charge on any atom is 0.0879 e. The highest BCUT2D eigenvalue weighted by Crippen LogP contribution is 2.47. The molecule has 0 spiro atoms. The summed E-state index contributed by atoms with van der Waals surface area (Å²) in [6, 6.07) is 0. The van der Waals surface area contributed by atoms with Crippen LogP contribution in [-0.2, 0) is 18.2 Å². The molecule has 19 heavy (non-hydrogen) atoms. The molecule has 0 aromatic carbocycles. The van der Waals surface area contributed by atoms with Gasteiger partial charge in [0.1, 0.15) is 0 Å². The van der Waals surface area contributed by atoms with Crippen LogP contribution in [0.15, 0.2) is 6.20 Å². The average Bonchev–Trinajstić information content (AvgIpc) is 2.74. The van der Waals surface area contributed by atoms with Crippen LogP contribution in [0.1, 0.15) is 58.4 Å². The third kappa shape index (κ3) is 2.70. The van der Waals surface area contributed by atoms with E-state index in [1.165, 1.54) is 0 Å². The second kappa shape index (κ2) is 4.60. The molecule has 1 N–H and O–H groups in total. The summed E-state index contributed by atoms with van der Waals surface area (Å²) in [4.78, 5) is 0. The highest BCUT2D eigenvalue weighted by Gasteiger charge is 2.49. The van der Waals surface area contributed by atoms with Gasteiger partial charge in [-0.1, -0.05) is 6.92 Å². The fraction of sp³-hybridized carbons (Fsp3) is 0.800. The molecule has 0 saturated carbocycles. The van der Waals surface area contributed by atoms with Gasteiger partial charge in [-0.25, -0.2) is 0 Å². The van der Waals surface area contributed by atoms with Gasteiger partial charge in [0.15, 0.2) is 0 Å². The zero-order valence-electron chi connectivity index (χ0n) is 12.9. The van der Waals surface area contributed by atoms with Gasteiger partial charge in [-0.05, 0) is 40.5 Å². The number of aliphatic hydroxyl groups is 1.